The zero-order chi connectivity index (χ0) is 14.7. The minimum atomic E-state index is -0.113. The predicted molar refractivity (Wildman–Crippen MR) is 89.5 cm³/mol. The fourth-order valence-corrected chi connectivity index (χ4v) is 2.48. The van der Waals surface area contributed by atoms with Crippen molar-refractivity contribution >= 4 is 34.8 Å². The van der Waals surface area contributed by atoms with Gasteiger partial charge in [-0.3, -0.25) is 4.79 Å². The maximum atomic E-state index is 12.0. The predicted octanol–water partition coefficient (Wildman–Crippen LogP) is 3.82. The van der Waals surface area contributed by atoms with Crippen LogP contribution < -0.4 is 5.56 Å². The lowest BCUT2D eigenvalue weighted by Crippen LogP contribution is -2.09. The SMILES string of the molecule is CSc1ccc(C=Cc2nc3ccccc3c(=O)[nH]2)cc1. The molecule has 3 rings (SSSR count). The van der Waals surface area contributed by atoms with E-state index < -0.39 is 0 Å². The third kappa shape index (κ3) is 3.06. The minimum Gasteiger partial charge on any atom is -0.306 e. The standard InChI is InChI=1S/C17H14N2OS/c1-21-13-9-6-12(7-10-13)8-11-16-18-15-5-3-2-4-14(15)17(20)19-16/h2-11H,1H3,(H,18,19,20). The molecule has 0 atom stereocenters. The van der Waals surface area contributed by atoms with Gasteiger partial charge in [-0.2, -0.15) is 0 Å². The van der Waals surface area contributed by atoms with Gasteiger partial charge in [-0.1, -0.05) is 30.3 Å². The van der Waals surface area contributed by atoms with Crippen LogP contribution in [0.5, 0.6) is 0 Å². The Labute approximate surface area is 126 Å². The van der Waals surface area contributed by atoms with Gasteiger partial charge in [0.1, 0.15) is 5.82 Å². The summed E-state index contributed by atoms with van der Waals surface area (Å²) in [6, 6.07) is 15.6. The second kappa shape index (κ2) is 5.97. The number of nitrogens with zero attached hydrogens (tertiary/aromatic N) is 1. The van der Waals surface area contributed by atoms with Gasteiger partial charge < -0.3 is 4.98 Å². The summed E-state index contributed by atoms with van der Waals surface area (Å²) in [6.07, 6.45) is 5.81. The Balaban J connectivity index is 1.93. The lowest BCUT2D eigenvalue weighted by molar-refractivity contribution is 1.14. The summed E-state index contributed by atoms with van der Waals surface area (Å²) in [5, 5.41) is 0.610. The maximum absolute atomic E-state index is 12.0. The Bertz CT molecular complexity index is 851. The molecule has 0 aliphatic rings. The number of hydrogen-bond donors (Lipinski definition) is 1. The average molecular weight is 294 g/mol. The zero-order valence-corrected chi connectivity index (χ0v) is 12.4. The number of fused-ring (bicyclic) bond motifs is 1. The lowest BCUT2D eigenvalue weighted by Gasteiger charge is -1.99. The molecule has 0 bridgehead atoms. The third-order valence-corrected chi connectivity index (χ3v) is 3.92. The van der Waals surface area contributed by atoms with Gasteiger partial charge in [-0.25, -0.2) is 4.98 Å². The van der Waals surface area contributed by atoms with Crippen LogP contribution in [0.25, 0.3) is 23.1 Å². The Morgan fingerprint density at radius 1 is 1.05 bits per heavy atom. The molecule has 21 heavy (non-hydrogen) atoms. The van der Waals surface area contributed by atoms with Crippen molar-refractivity contribution in [1.82, 2.24) is 9.97 Å². The van der Waals surface area contributed by atoms with Gasteiger partial charge in [0.15, 0.2) is 0 Å². The topological polar surface area (TPSA) is 45.8 Å². The summed E-state index contributed by atoms with van der Waals surface area (Å²) in [5.74, 6) is 0.563. The Morgan fingerprint density at radius 3 is 2.57 bits per heavy atom. The molecule has 0 saturated carbocycles. The summed E-state index contributed by atoms with van der Waals surface area (Å²) in [4.78, 5) is 20.4. The molecule has 4 heteroatoms. The van der Waals surface area contributed by atoms with E-state index in [-0.39, 0.29) is 5.56 Å². The molecule has 0 unspecified atom stereocenters. The highest BCUT2D eigenvalue weighted by Crippen LogP contribution is 2.16. The fourth-order valence-electron chi connectivity index (χ4n) is 2.07. The van der Waals surface area contributed by atoms with E-state index in [1.807, 2.05) is 42.5 Å². The monoisotopic (exact) mass is 294 g/mol. The molecular formula is C17H14N2OS. The van der Waals surface area contributed by atoms with Crippen LogP contribution in [0.15, 0.2) is 58.2 Å². The first kappa shape index (κ1) is 13.6. The average Bonchev–Trinajstić information content (AvgIpc) is 2.53. The van der Waals surface area contributed by atoms with E-state index in [1.54, 1.807) is 17.8 Å². The number of aromatic amines is 1. The summed E-state index contributed by atoms with van der Waals surface area (Å²) in [5.41, 5.74) is 1.67. The van der Waals surface area contributed by atoms with E-state index in [9.17, 15) is 4.79 Å². The normalized spacial score (nSPS) is 11.3. The number of rotatable bonds is 3. The summed E-state index contributed by atoms with van der Waals surface area (Å²) in [6.45, 7) is 0. The lowest BCUT2D eigenvalue weighted by atomic mass is 10.2. The summed E-state index contributed by atoms with van der Waals surface area (Å²) in [7, 11) is 0. The Morgan fingerprint density at radius 2 is 1.81 bits per heavy atom. The van der Waals surface area contributed by atoms with Crippen molar-refractivity contribution in [3.63, 3.8) is 0 Å². The van der Waals surface area contributed by atoms with Gasteiger partial charge in [-0.05, 0) is 42.2 Å². The van der Waals surface area contributed by atoms with Crippen molar-refractivity contribution < 1.29 is 0 Å². The quantitative estimate of drug-likeness (QED) is 0.747. The molecule has 0 amide bonds. The molecule has 0 radical (unpaired) electrons. The summed E-state index contributed by atoms with van der Waals surface area (Å²) < 4.78 is 0. The van der Waals surface area contributed by atoms with Crippen molar-refractivity contribution in [1.29, 1.82) is 0 Å². The molecule has 1 aromatic heterocycles. The highest BCUT2D eigenvalue weighted by molar-refractivity contribution is 7.98. The first-order valence-corrected chi connectivity index (χ1v) is 7.80. The van der Waals surface area contributed by atoms with Crippen LogP contribution in [0.4, 0.5) is 0 Å². The van der Waals surface area contributed by atoms with E-state index in [0.717, 1.165) is 5.56 Å². The number of benzene rings is 2. The molecule has 0 fully saturated rings. The van der Waals surface area contributed by atoms with Crippen molar-refractivity contribution in [2.75, 3.05) is 6.26 Å². The van der Waals surface area contributed by atoms with Crippen LogP contribution in [-0.2, 0) is 0 Å². The molecule has 0 aliphatic carbocycles. The van der Waals surface area contributed by atoms with Crippen molar-refractivity contribution in [2.24, 2.45) is 0 Å². The molecule has 3 aromatic rings. The van der Waals surface area contributed by atoms with Crippen LogP contribution in [0.1, 0.15) is 11.4 Å². The van der Waals surface area contributed by atoms with Crippen LogP contribution in [-0.4, -0.2) is 16.2 Å². The second-order valence-electron chi connectivity index (χ2n) is 4.57. The molecule has 3 nitrogen and oxygen atoms in total. The number of hydrogen-bond acceptors (Lipinski definition) is 3. The van der Waals surface area contributed by atoms with Crippen molar-refractivity contribution in [2.45, 2.75) is 4.90 Å². The highest BCUT2D eigenvalue weighted by atomic mass is 32.2. The Kier molecular flexibility index (Phi) is 3.88. The molecule has 0 aliphatic heterocycles. The number of para-hydroxylation sites is 1. The molecule has 0 saturated heterocycles. The second-order valence-corrected chi connectivity index (χ2v) is 5.45. The van der Waals surface area contributed by atoms with E-state index in [0.29, 0.717) is 16.7 Å². The third-order valence-electron chi connectivity index (χ3n) is 3.18. The number of thioether (sulfide) groups is 1. The van der Waals surface area contributed by atoms with Gasteiger partial charge in [0, 0.05) is 4.90 Å². The van der Waals surface area contributed by atoms with Crippen LogP contribution in [0, 0.1) is 0 Å². The van der Waals surface area contributed by atoms with E-state index in [2.05, 4.69) is 28.4 Å². The largest absolute Gasteiger partial charge is 0.306 e. The number of H-pyrrole nitrogens is 1. The first-order chi connectivity index (χ1) is 10.3. The maximum Gasteiger partial charge on any atom is 0.259 e. The van der Waals surface area contributed by atoms with Gasteiger partial charge >= 0.3 is 0 Å². The van der Waals surface area contributed by atoms with Crippen molar-refractivity contribution in [3.8, 4) is 0 Å². The van der Waals surface area contributed by atoms with Gasteiger partial charge in [0.05, 0.1) is 10.9 Å². The van der Waals surface area contributed by atoms with Crippen LogP contribution >= 0.6 is 11.8 Å². The van der Waals surface area contributed by atoms with Gasteiger partial charge in [-0.15, -0.1) is 11.8 Å². The number of aromatic nitrogens is 2. The van der Waals surface area contributed by atoms with E-state index >= 15 is 0 Å². The minimum absolute atomic E-state index is 0.113. The molecule has 104 valence electrons. The fraction of sp³-hybridized carbons (Fsp3) is 0.0588. The highest BCUT2D eigenvalue weighted by Gasteiger charge is 2.00. The van der Waals surface area contributed by atoms with Crippen LogP contribution in [0.2, 0.25) is 0 Å². The molecular weight excluding hydrogens is 280 g/mol. The smallest absolute Gasteiger partial charge is 0.259 e. The summed E-state index contributed by atoms with van der Waals surface area (Å²) >= 11 is 1.71. The zero-order valence-electron chi connectivity index (χ0n) is 11.5. The van der Waals surface area contributed by atoms with Gasteiger partial charge in [0.25, 0.3) is 5.56 Å². The molecule has 0 spiro atoms. The molecule has 2 aromatic carbocycles. The van der Waals surface area contributed by atoms with E-state index in [4.69, 9.17) is 0 Å². The van der Waals surface area contributed by atoms with E-state index in [1.165, 1.54) is 4.90 Å². The molecule has 1 N–H and O–H groups in total. The van der Waals surface area contributed by atoms with Gasteiger partial charge in [0.2, 0.25) is 0 Å². The Hall–Kier alpha value is -2.33. The van der Waals surface area contributed by atoms with Crippen molar-refractivity contribution in [3.05, 3.63) is 70.3 Å². The molecule has 1 heterocycles. The number of nitrogens with one attached hydrogen (secondary N) is 1. The van der Waals surface area contributed by atoms with Crippen LogP contribution in [0.3, 0.4) is 0 Å². The first-order valence-electron chi connectivity index (χ1n) is 6.57.